The van der Waals surface area contributed by atoms with Crippen LogP contribution >= 0.6 is 0 Å². The number of anilines is 1. The smallest absolute Gasteiger partial charge is 0.306 e. The molecule has 0 aliphatic heterocycles. The second kappa shape index (κ2) is 6.15. The monoisotopic (exact) mass is 349 g/mol. The maximum atomic E-state index is 12.5. The van der Waals surface area contributed by atoms with E-state index in [-0.39, 0.29) is 16.9 Å². The molecule has 9 heteroatoms. The summed E-state index contributed by atoms with van der Waals surface area (Å²) in [7, 11) is 0. The van der Waals surface area contributed by atoms with Crippen molar-refractivity contribution in [3.63, 3.8) is 0 Å². The molecule has 130 valence electrons. The van der Waals surface area contributed by atoms with Gasteiger partial charge in [-0.1, -0.05) is 0 Å². The topological polar surface area (TPSA) is 94.6 Å². The van der Waals surface area contributed by atoms with Crippen molar-refractivity contribution in [2.75, 3.05) is 5.32 Å². The molecule has 3 N–H and O–H groups in total. The molecular weight excluding hydrogens is 335 g/mol. The van der Waals surface area contributed by atoms with Gasteiger partial charge in [0.1, 0.15) is 11.3 Å². The van der Waals surface area contributed by atoms with Gasteiger partial charge in [-0.3, -0.25) is 20.2 Å². The van der Waals surface area contributed by atoms with Crippen molar-refractivity contribution in [2.45, 2.75) is 25.4 Å². The molecule has 25 heavy (non-hydrogen) atoms. The van der Waals surface area contributed by atoms with Crippen molar-refractivity contribution >= 4 is 18.1 Å². The number of nitrogens with one attached hydrogen (secondary N) is 3. The Kier molecular flexibility index (Phi) is 4.15. The summed E-state index contributed by atoms with van der Waals surface area (Å²) in [5, 5.41) is 18.0. The molecule has 0 unspecified atom stereocenters. The zero-order chi connectivity index (χ0) is 18.2. The predicted molar refractivity (Wildman–Crippen MR) is 83.7 cm³/mol. The predicted octanol–water partition coefficient (Wildman–Crippen LogP) is 2.58. The minimum absolute atomic E-state index is 0.0423. The fraction of sp³-hybridized carbons (Fsp3) is 0.250. The summed E-state index contributed by atoms with van der Waals surface area (Å²) in [6.45, 7) is 0. The fourth-order valence-electron chi connectivity index (χ4n) is 2.82. The molecule has 0 radical (unpaired) electrons. The van der Waals surface area contributed by atoms with Gasteiger partial charge >= 0.3 is 6.18 Å². The molecule has 1 amide bonds. The summed E-state index contributed by atoms with van der Waals surface area (Å²) in [5.74, 6) is -0.693. The molecule has 0 spiro atoms. The quantitative estimate of drug-likeness (QED) is 0.587. The van der Waals surface area contributed by atoms with Gasteiger partial charge in [-0.2, -0.15) is 13.2 Å². The Morgan fingerprint density at radius 2 is 2.08 bits per heavy atom. The highest BCUT2D eigenvalue weighted by atomic mass is 19.4. The molecule has 0 saturated heterocycles. The molecular formula is C16H14F3N5O. The van der Waals surface area contributed by atoms with Crippen molar-refractivity contribution in [2.24, 2.45) is 0 Å². The van der Waals surface area contributed by atoms with E-state index in [0.29, 0.717) is 6.20 Å². The van der Waals surface area contributed by atoms with Crippen molar-refractivity contribution in [3.8, 4) is 0 Å². The molecule has 0 atom stereocenters. The maximum Gasteiger partial charge on any atom is 0.417 e. The number of pyridine rings is 2. The maximum absolute atomic E-state index is 12.5. The lowest BCUT2D eigenvalue weighted by atomic mass is 10.1. The van der Waals surface area contributed by atoms with Gasteiger partial charge < -0.3 is 5.32 Å². The van der Waals surface area contributed by atoms with Gasteiger partial charge in [-0.15, -0.1) is 0 Å². The molecule has 1 aliphatic rings. The van der Waals surface area contributed by atoms with Crippen LogP contribution in [0.25, 0.3) is 0 Å². The molecule has 0 aromatic carbocycles. The molecule has 0 bridgehead atoms. The van der Waals surface area contributed by atoms with E-state index in [2.05, 4.69) is 10.3 Å². The first-order chi connectivity index (χ1) is 11.8. The van der Waals surface area contributed by atoms with Crippen molar-refractivity contribution in [1.29, 1.82) is 10.8 Å². The lowest BCUT2D eigenvalue weighted by molar-refractivity contribution is -0.137. The van der Waals surface area contributed by atoms with Crippen LogP contribution in [0, 0.1) is 10.8 Å². The molecule has 0 fully saturated rings. The van der Waals surface area contributed by atoms with E-state index in [1.165, 1.54) is 4.57 Å². The summed E-state index contributed by atoms with van der Waals surface area (Å²) in [4.78, 5) is 16.0. The second-order valence-electron chi connectivity index (χ2n) is 5.62. The zero-order valence-corrected chi connectivity index (χ0v) is 12.9. The Bertz CT molecular complexity index is 900. The van der Waals surface area contributed by atoms with Crippen LogP contribution in [-0.4, -0.2) is 21.8 Å². The van der Waals surface area contributed by atoms with E-state index in [4.69, 9.17) is 10.8 Å². The summed E-state index contributed by atoms with van der Waals surface area (Å²) < 4.78 is 38.9. The van der Waals surface area contributed by atoms with Gasteiger partial charge in [0.25, 0.3) is 5.91 Å². The summed E-state index contributed by atoms with van der Waals surface area (Å²) in [6, 6.07) is 3.48. The number of aromatic nitrogens is 2. The highest BCUT2D eigenvalue weighted by molar-refractivity contribution is 6.03. The van der Waals surface area contributed by atoms with E-state index in [0.717, 1.165) is 49.0 Å². The highest BCUT2D eigenvalue weighted by Crippen LogP contribution is 2.29. The van der Waals surface area contributed by atoms with Crippen LogP contribution in [0.5, 0.6) is 0 Å². The van der Waals surface area contributed by atoms with Crippen LogP contribution in [0.4, 0.5) is 19.0 Å². The minimum atomic E-state index is -4.50. The number of carbonyl (C=O) groups is 1. The third-order valence-corrected chi connectivity index (χ3v) is 4.04. The average Bonchev–Trinajstić information content (AvgIpc) is 3.02. The van der Waals surface area contributed by atoms with Crippen LogP contribution in [0.1, 0.15) is 33.6 Å². The molecule has 6 nitrogen and oxygen atoms in total. The average molecular weight is 349 g/mol. The van der Waals surface area contributed by atoms with Crippen molar-refractivity contribution in [3.05, 3.63) is 52.3 Å². The van der Waals surface area contributed by atoms with Gasteiger partial charge in [0, 0.05) is 11.9 Å². The standard InChI is InChI=1S/C16H14F3N5O/c17-16(18,19)10-4-5-13(22-7-10)23-15(25)11-6-9-2-1-3-12(9)24(8-20)14(11)21/h4-8,20-21H,1-3H2,(H,22,23,25). The number of halogens is 3. The van der Waals surface area contributed by atoms with Crippen LogP contribution in [-0.2, 0) is 19.0 Å². The largest absolute Gasteiger partial charge is 0.417 e. The first-order valence-corrected chi connectivity index (χ1v) is 7.48. The number of nitrogens with zero attached hydrogens (tertiary/aromatic N) is 2. The van der Waals surface area contributed by atoms with Gasteiger partial charge in [0.15, 0.2) is 0 Å². The Morgan fingerprint density at radius 1 is 1.32 bits per heavy atom. The Hall–Kier alpha value is -2.97. The van der Waals surface area contributed by atoms with Gasteiger partial charge in [-0.25, -0.2) is 4.98 Å². The first-order valence-electron chi connectivity index (χ1n) is 7.48. The van der Waals surface area contributed by atoms with Crippen LogP contribution in [0.3, 0.4) is 0 Å². The molecule has 2 aromatic heterocycles. The molecule has 0 saturated carbocycles. The van der Waals surface area contributed by atoms with Crippen LogP contribution in [0.2, 0.25) is 0 Å². The lowest BCUT2D eigenvalue weighted by Crippen LogP contribution is -2.31. The third-order valence-electron chi connectivity index (χ3n) is 4.04. The van der Waals surface area contributed by atoms with Gasteiger partial charge in [-0.05, 0) is 43.0 Å². The molecule has 1 aliphatic carbocycles. The summed E-state index contributed by atoms with van der Waals surface area (Å²) in [5.41, 5.74) is 0.728. The zero-order valence-electron chi connectivity index (χ0n) is 12.9. The van der Waals surface area contributed by atoms with E-state index in [1.807, 2.05) is 0 Å². The second-order valence-corrected chi connectivity index (χ2v) is 5.62. The van der Waals surface area contributed by atoms with E-state index in [1.54, 1.807) is 6.07 Å². The molecule has 3 rings (SSSR count). The number of hydrogen-bond donors (Lipinski definition) is 3. The van der Waals surface area contributed by atoms with Gasteiger partial charge in [0.2, 0.25) is 0 Å². The number of rotatable bonds is 3. The van der Waals surface area contributed by atoms with E-state index < -0.39 is 17.6 Å². The normalized spacial score (nSPS) is 13.4. The Balaban J connectivity index is 1.90. The van der Waals surface area contributed by atoms with Crippen LogP contribution < -0.4 is 10.8 Å². The number of hydrogen-bond acceptors (Lipinski definition) is 4. The summed E-state index contributed by atoms with van der Waals surface area (Å²) in [6.07, 6.45) is -0.508. The first kappa shape index (κ1) is 16.9. The highest BCUT2D eigenvalue weighted by Gasteiger charge is 2.30. The third kappa shape index (κ3) is 3.17. The number of fused-ring (bicyclic) bond motifs is 1. The van der Waals surface area contributed by atoms with E-state index in [9.17, 15) is 18.0 Å². The van der Waals surface area contributed by atoms with Crippen molar-refractivity contribution in [1.82, 2.24) is 9.55 Å². The van der Waals surface area contributed by atoms with Crippen molar-refractivity contribution < 1.29 is 18.0 Å². The van der Waals surface area contributed by atoms with Crippen LogP contribution in [0.15, 0.2) is 24.4 Å². The fourth-order valence-corrected chi connectivity index (χ4v) is 2.82. The number of carbonyl (C=O) groups excluding carboxylic acids is 1. The number of amides is 1. The number of alkyl halides is 3. The molecule has 2 aromatic rings. The lowest BCUT2D eigenvalue weighted by Gasteiger charge is -2.12. The Morgan fingerprint density at radius 3 is 2.68 bits per heavy atom. The van der Waals surface area contributed by atoms with Gasteiger partial charge in [0.05, 0.1) is 17.5 Å². The number of aryl methyl sites for hydroxylation is 1. The minimum Gasteiger partial charge on any atom is -0.306 e. The Labute approximate surface area is 140 Å². The summed E-state index contributed by atoms with van der Waals surface area (Å²) >= 11 is 0. The molecule has 2 heterocycles. The SMILES string of the molecule is N=Cn1c2c(cc(C(=O)Nc3ccc(C(F)(F)F)cn3)c1=N)CCC2. The van der Waals surface area contributed by atoms with E-state index >= 15 is 0 Å².